The minimum Gasteiger partial charge on any atom is -0.383 e. The fourth-order valence-electron chi connectivity index (χ4n) is 2.78. The van der Waals surface area contributed by atoms with Crippen LogP contribution in [0.3, 0.4) is 0 Å². The number of rotatable bonds is 6. The average molecular weight is 290 g/mol. The molecule has 1 aromatic rings. The van der Waals surface area contributed by atoms with Gasteiger partial charge in [-0.15, -0.1) is 0 Å². The van der Waals surface area contributed by atoms with Crippen molar-refractivity contribution in [1.29, 1.82) is 0 Å². The topological polar surface area (TPSA) is 38.7 Å². The van der Waals surface area contributed by atoms with Crippen LogP contribution in [0.25, 0.3) is 0 Å². The van der Waals surface area contributed by atoms with E-state index in [1.54, 1.807) is 0 Å². The Labute approximate surface area is 127 Å². The predicted molar refractivity (Wildman–Crippen MR) is 84.0 cm³/mol. The van der Waals surface area contributed by atoms with Crippen LogP contribution in [0, 0.1) is 0 Å². The van der Waals surface area contributed by atoms with E-state index in [1.165, 1.54) is 5.56 Å². The molecule has 1 heterocycles. The summed E-state index contributed by atoms with van der Waals surface area (Å²) in [6.07, 6.45) is 2.10. The van der Waals surface area contributed by atoms with Gasteiger partial charge in [0.2, 0.25) is 0 Å². The van der Waals surface area contributed by atoms with Crippen LogP contribution in [-0.2, 0) is 15.9 Å². The SMILES string of the molecule is C=C(C)[C@](O)(CCCc1ccccc1)[C@H]1COC(C)(C)O1. The van der Waals surface area contributed by atoms with Gasteiger partial charge in [-0.05, 0) is 51.2 Å². The van der Waals surface area contributed by atoms with Crippen LogP contribution in [0.2, 0.25) is 0 Å². The third-order valence-corrected chi connectivity index (χ3v) is 4.15. The first-order valence-electron chi connectivity index (χ1n) is 7.57. The van der Waals surface area contributed by atoms with Gasteiger partial charge in [-0.25, -0.2) is 0 Å². The van der Waals surface area contributed by atoms with E-state index in [1.807, 2.05) is 39.0 Å². The average Bonchev–Trinajstić information content (AvgIpc) is 2.80. The zero-order valence-corrected chi connectivity index (χ0v) is 13.3. The van der Waals surface area contributed by atoms with Gasteiger partial charge in [0.15, 0.2) is 5.79 Å². The van der Waals surface area contributed by atoms with Crippen molar-refractivity contribution in [3.8, 4) is 0 Å². The molecule has 0 bridgehead atoms. The normalized spacial score (nSPS) is 23.7. The molecule has 1 aliphatic heterocycles. The Hall–Kier alpha value is -1.16. The minimum atomic E-state index is -1.03. The summed E-state index contributed by atoms with van der Waals surface area (Å²) in [4.78, 5) is 0. The first kappa shape index (κ1) is 16.2. The van der Waals surface area contributed by atoms with Crippen LogP contribution in [-0.4, -0.2) is 29.2 Å². The van der Waals surface area contributed by atoms with Crippen molar-refractivity contribution in [2.45, 2.75) is 57.5 Å². The van der Waals surface area contributed by atoms with Crippen LogP contribution < -0.4 is 0 Å². The zero-order valence-electron chi connectivity index (χ0n) is 13.3. The van der Waals surface area contributed by atoms with Crippen molar-refractivity contribution in [3.05, 3.63) is 48.0 Å². The lowest BCUT2D eigenvalue weighted by Gasteiger charge is -2.34. The molecule has 1 fully saturated rings. The Morgan fingerprint density at radius 2 is 2.05 bits per heavy atom. The number of hydrogen-bond donors (Lipinski definition) is 1. The number of aliphatic hydroxyl groups is 1. The smallest absolute Gasteiger partial charge is 0.163 e. The highest BCUT2D eigenvalue weighted by Crippen LogP contribution is 2.35. The van der Waals surface area contributed by atoms with Crippen molar-refractivity contribution < 1.29 is 14.6 Å². The summed E-state index contributed by atoms with van der Waals surface area (Å²) in [6, 6.07) is 10.3. The maximum absolute atomic E-state index is 11.0. The van der Waals surface area contributed by atoms with Gasteiger partial charge in [0, 0.05) is 0 Å². The molecule has 0 aromatic heterocycles. The molecule has 21 heavy (non-hydrogen) atoms. The number of aryl methyl sites for hydroxylation is 1. The molecule has 0 amide bonds. The van der Waals surface area contributed by atoms with E-state index in [0.717, 1.165) is 18.4 Å². The third-order valence-electron chi connectivity index (χ3n) is 4.15. The molecule has 1 saturated heterocycles. The third kappa shape index (κ3) is 3.94. The molecule has 0 saturated carbocycles. The van der Waals surface area contributed by atoms with Gasteiger partial charge in [0.05, 0.1) is 6.61 Å². The minimum absolute atomic E-state index is 0.347. The molecule has 2 rings (SSSR count). The van der Waals surface area contributed by atoms with E-state index < -0.39 is 11.4 Å². The fourth-order valence-corrected chi connectivity index (χ4v) is 2.78. The summed E-state index contributed by atoms with van der Waals surface area (Å²) in [6.45, 7) is 9.96. The van der Waals surface area contributed by atoms with Crippen LogP contribution in [0.5, 0.6) is 0 Å². The van der Waals surface area contributed by atoms with Crippen molar-refractivity contribution in [1.82, 2.24) is 0 Å². The van der Waals surface area contributed by atoms with E-state index >= 15 is 0 Å². The Balaban J connectivity index is 1.97. The second-order valence-electron chi connectivity index (χ2n) is 6.36. The van der Waals surface area contributed by atoms with E-state index in [-0.39, 0.29) is 6.10 Å². The molecule has 0 radical (unpaired) electrons. The van der Waals surface area contributed by atoms with Gasteiger partial charge in [-0.1, -0.05) is 36.9 Å². The summed E-state index contributed by atoms with van der Waals surface area (Å²) >= 11 is 0. The quantitative estimate of drug-likeness (QED) is 0.815. The Bertz CT molecular complexity index is 480. The summed E-state index contributed by atoms with van der Waals surface area (Å²) in [5.74, 6) is -0.631. The molecular weight excluding hydrogens is 264 g/mol. The Kier molecular flexibility index (Phi) is 4.87. The summed E-state index contributed by atoms with van der Waals surface area (Å²) < 4.78 is 11.4. The molecule has 3 nitrogen and oxygen atoms in total. The number of hydrogen-bond acceptors (Lipinski definition) is 3. The molecule has 2 atom stereocenters. The molecule has 0 spiro atoms. The molecule has 3 heteroatoms. The highest BCUT2D eigenvalue weighted by atomic mass is 16.7. The summed E-state index contributed by atoms with van der Waals surface area (Å²) in [7, 11) is 0. The van der Waals surface area contributed by atoms with Crippen LogP contribution >= 0.6 is 0 Å². The Morgan fingerprint density at radius 1 is 1.38 bits per heavy atom. The molecule has 0 aliphatic carbocycles. The molecule has 116 valence electrons. The van der Waals surface area contributed by atoms with Gasteiger partial charge in [0.1, 0.15) is 11.7 Å². The monoisotopic (exact) mass is 290 g/mol. The summed E-state index contributed by atoms with van der Waals surface area (Å²) in [5, 5.41) is 11.0. The lowest BCUT2D eigenvalue weighted by molar-refractivity contribution is -0.164. The second-order valence-corrected chi connectivity index (χ2v) is 6.36. The van der Waals surface area contributed by atoms with Crippen molar-refractivity contribution in [3.63, 3.8) is 0 Å². The first-order chi connectivity index (χ1) is 9.83. The second kappa shape index (κ2) is 6.30. The van der Waals surface area contributed by atoms with Crippen molar-refractivity contribution >= 4 is 0 Å². The lowest BCUT2D eigenvalue weighted by atomic mass is 9.84. The van der Waals surface area contributed by atoms with Crippen molar-refractivity contribution in [2.24, 2.45) is 0 Å². The van der Waals surface area contributed by atoms with Gasteiger partial charge < -0.3 is 14.6 Å². The molecular formula is C18H26O3. The van der Waals surface area contributed by atoms with Gasteiger partial charge in [-0.3, -0.25) is 0 Å². The highest BCUT2D eigenvalue weighted by Gasteiger charge is 2.46. The Morgan fingerprint density at radius 3 is 2.57 bits per heavy atom. The van der Waals surface area contributed by atoms with E-state index in [4.69, 9.17) is 9.47 Å². The largest absolute Gasteiger partial charge is 0.383 e. The summed E-state index contributed by atoms with van der Waals surface area (Å²) in [5.41, 5.74) is 0.995. The maximum Gasteiger partial charge on any atom is 0.163 e. The van der Waals surface area contributed by atoms with Crippen LogP contribution in [0.15, 0.2) is 42.5 Å². The lowest BCUT2D eigenvalue weighted by Crippen LogP contribution is -2.45. The standard InChI is InChI=1S/C18H26O3/c1-14(2)18(19,16-13-20-17(3,4)21-16)12-8-11-15-9-6-5-7-10-15/h5-7,9-10,16,19H,1,8,11-13H2,2-4H3/t16-,18-/m1/s1. The van der Waals surface area contributed by atoms with Gasteiger partial charge >= 0.3 is 0 Å². The molecule has 0 unspecified atom stereocenters. The fraction of sp³-hybridized carbons (Fsp3) is 0.556. The van der Waals surface area contributed by atoms with E-state index in [2.05, 4.69) is 18.7 Å². The molecule has 1 aromatic carbocycles. The first-order valence-corrected chi connectivity index (χ1v) is 7.57. The maximum atomic E-state index is 11.0. The van der Waals surface area contributed by atoms with Crippen LogP contribution in [0.4, 0.5) is 0 Å². The number of benzene rings is 1. The highest BCUT2D eigenvalue weighted by molar-refractivity contribution is 5.17. The van der Waals surface area contributed by atoms with Gasteiger partial charge in [0.25, 0.3) is 0 Å². The number of ether oxygens (including phenoxy) is 2. The predicted octanol–water partition coefficient (Wildman–Crippen LogP) is 3.47. The van der Waals surface area contributed by atoms with Gasteiger partial charge in [-0.2, -0.15) is 0 Å². The van der Waals surface area contributed by atoms with Crippen molar-refractivity contribution in [2.75, 3.05) is 6.61 Å². The van der Waals surface area contributed by atoms with Crippen LogP contribution in [0.1, 0.15) is 39.2 Å². The van der Waals surface area contributed by atoms with E-state index in [9.17, 15) is 5.11 Å². The molecule has 1 N–H and O–H groups in total. The zero-order chi connectivity index (χ0) is 15.5. The molecule has 1 aliphatic rings. The van der Waals surface area contributed by atoms with E-state index in [0.29, 0.717) is 13.0 Å².